The predicted octanol–water partition coefficient (Wildman–Crippen LogP) is 3.86. The second-order valence-electron chi connectivity index (χ2n) is 11.0. The molecule has 0 amide bonds. The molecular weight excluding hydrogens is 472 g/mol. The van der Waals surface area contributed by atoms with Crippen LogP contribution in [0.1, 0.15) is 69.7 Å². The van der Waals surface area contributed by atoms with Crippen molar-refractivity contribution in [2.75, 3.05) is 36.5 Å². The van der Waals surface area contributed by atoms with Crippen LogP contribution in [0.5, 0.6) is 0 Å². The molecule has 7 heteroatoms. The van der Waals surface area contributed by atoms with Gasteiger partial charge in [-0.2, -0.15) is 5.26 Å². The van der Waals surface area contributed by atoms with Gasteiger partial charge in [0.1, 0.15) is 0 Å². The lowest BCUT2D eigenvalue weighted by Crippen LogP contribution is -2.39. The molecule has 0 saturated carbocycles. The molecule has 0 spiro atoms. The number of rotatable bonds is 8. The monoisotopic (exact) mass is 514 g/mol. The van der Waals surface area contributed by atoms with Crippen LogP contribution in [-0.4, -0.2) is 52.5 Å². The van der Waals surface area contributed by atoms with Crippen LogP contribution in [-0.2, 0) is 0 Å². The van der Waals surface area contributed by atoms with E-state index in [2.05, 4.69) is 73.7 Å². The summed E-state index contributed by atoms with van der Waals surface area (Å²) in [5.74, 6) is 2.88. The van der Waals surface area contributed by atoms with Gasteiger partial charge in [-0.3, -0.25) is 0 Å². The molecule has 2 N–H and O–H groups in total. The number of aliphatic hydroxyl groups is 1. The highest BCUT2D eigenvalue weighted by Crippen LogP contribution is 2.27. The van der Waals surface area contributed by atoms with E-state index in [1.165, 1.54) is 0 Å². The summed E-state index contributed by atoms with van der Waals surface area (Å²) in [5, 5.41) is 34.5. The van der Waals surface area contributed by atoms with E-state index in [-0.39, 0.29) is 18.7 Å². The van der Waals surface area contributed by atoms with Crippen molar-refractivity contribution in [3.8, 4) is 6.07 Å². The Kier molecular flexibility index (Phi) is 8.73. The highest BCUT2D eigenvalue weighted by Gasteiger charge is 2.28. The van der Waals surface area contributed by atoms with Crippen LogP contribution in [0.25, 0.3) is 12.2 Å². The van der Waals surface area contributed by atoms with Gasteiger partial charge in [0.05, 0.1) is 30.3 Å². The Morgan fingerprint density at radius 3 is 2.68 bits per heavy atom. The summed E-state index contributed by atoms with van der Waals surface area (Å²) in [6.45, 7) is 18.1. The first-order chi connectivity index (χ1) is 18.3. The Hall–Kier alpha value is -3.37. The molecule has 1 unspecified atom stereocenters. The van der Waals surface area contributed by atoms with Crippen LogP contribution in [0.3, 0.4) is 0 Å². The van der Waals surface area contributed by atoms with Gasteiger partial charge in [-0.05, 0) is 75.1 Å². The molecule has 2 saturated heterocycles. The summed E-state index contributed by atoms with van der Waals surface area (Å²) in [4.78, 5) is 4.57. The van der Waals surface area contributed by atoms with E-state index < -0.39 is 0 Å². The van der Waals surface area contributed by atoms with Crippen molar-refractivity contribution in [3.63, 3.8) is 0 Å². The molecule has 4 rings (SSSR count). The zero-order valence-electron chi connectivity index (χ0n) is 23.5. The van der Waals surface area contributed by atoms with Gasteiger partial charge in [-0.25, -0.2) is 0 Å². The molecule has 0 radical (unpaired) electrons. The van der Waals surface area contributed by atoms with Crippen molar-refractivity contribution in [1.29, 1.82) is 5.26 Å². The van der Waals surface area contributed by atoms with Crippen molar-refractivity contribution < 1.29 is 5.11 Å². The molecule has 2 aliphatic heterocycles. The third-order valence-corrected chi connectivity index (χ3v) is 8.37. The van der Waals surface area contributed by atoms with E-state index >= 15 is 0 Å². The summed E-state index contributed by atoms with van der Waals surface area (Å²) in [6, 6.07) is 8.13. The molecular formula is C31H42N6O. The third-order valence-electron chi connectivity index (χ3n) is 8.37. The Labute approximate surface area is 227 Å². The fraction of sp³-hybridized carbons (Fsp3) is 0.516. The summed E-state index contributed by atoms with van der Waals surface area (Å²) >= 11 is 0. The van der Waals surface area contributed by atoms with Crippen LogP contribution in [0.15, 0.2) is 30.5 Å². The largest absolute Gasteiger partial charge is 0.394 e. The number of nitrogens with one attached hydrogen (secondary N) is 1. The van der Waals surface area contributed by atoms with Crippen molar-refractivity contribution in [2.24, 2.45) is 11.8 Å². The molecule has 202 valence electrons. The van der Waals surface area contributed by atoms with Crippen LogP contribution in [0, 0.1) is 30.1 Å². The van der Waals surface area contributed by atoms with Crippen LogP contribution >= 0.6 is 0 Å². The molecule has 0 aliphatic carbocycles. The van der Waals surface area contributed by atoms with Gasteiger partial charge in [0.25, 0.3) is 0 Å². The molecule has 2 aromatic rings. The normalized spacial score (nSPS) is 21.3. The quantitative estimate of drug-likeness (QED) is 0.553. The fourth-order valence-electron chi connectivity index (χ4n) is 5.93. The molecule has 1 aromatic carbocycles. The Bertz CT molecular complexity index is 1330. The number of hydrogen-bond acceptors (Lipinski definition) is 7. The first-order valence-electron chi connectivity index (χ1n) is 13.9. The number of likely N-dealkylation sites (tertiary alicyclic amines) is 1. The average Bonchev–Trinajstić information content (AvgIpc) is 3.59. The highest BCUT2D eigenvalue weighted by molar-refractivity contribution is 5.59. The molecule has 1 aromatic heterocycles. The average molecular weight is 515 g/mol. The van der Waals surface area contributed by atoms with Gasteiger partial charge in [0.15, 0.2) is 11.6 Å². The van der Waals surface area contributed by atoms with E-state index in [1.54, 1.807) is 0 Å². The lowest BCUT2D eigenvalue weighted by molar-refractivity contribution is 0.191. The standard InChI is InChI=1S/C31H42N6O/c1-7-27-29(16-21(4)37-14-9-11-26(37)19-38)30(33-23(6)28-12-8-10-24(17-32)22(28)5)34-35-31(27)36-15-13-25(18-36)20(2)3/h7-8,10,12,16,20,23,25-26,38H,4,9,11,13-15,18-19H2,1-3,5-6H3,(H,33,34)/b27-7+,29-16+/t23-,25?,26-/m1/s1. The zero-order valence-corrected chi connectivity index (χ0v) is 23.5. The lowest BCUT2D eigenvalue weighted by Gasteiger charge is -2.26. The maximum Gasteiger partial charge on any atom is 0.159 e. The Morgan fingerprint density at radius 1 is 1.24 bits per heavy atom. The Balaban J connectivity index is 1.79. The van der Waals surface area contributed by atoms with Gasteiger partial charge in [-0.1, -0.05) is 38.6 Å². The van der Waals surface area contributed by atoms with Crippen LogP contribution in [0.2, 0.25) is 0 Å². The first kappa shape index (κ1) is 27.7. The highest BCUT2D eigenvalue weighted by atomic mass is 16.3. The van der Waals surface area contributed by atoms with Gasteiger partial charge in [0.2, 0.25) is 0 Å². The number of allylic oxidation sites excluding steroid dienone is 1. The second-order valence-corrected chi connectivity index (χ2v) is 11.0. The summed E-state index contributed by atoms with van der Waals surface area (Å²) in [7, 11) is 0. The zero-order chi connectivity index (χ0) is 27.4. The summed E-state index contributed by atoms with van der Waals surface area (Å²) in [5.41, 5.74) is 3.58. The molecule has 38 heavy (non-hydrogen) atoms. The van der Waals surface area contributed by atoms with Crippen LogP contribution in [0.4, 0.5) is 11.6 Å². The number of nitrogens with zero attached hydrogens (tertiary/aromatic N) is 5. The SMILES string of the molecule is C=C(/C=c1/c(N[C@H](C)c2cccc(C#N)c2C)nnc(N2CCC(C(C)C)C2)/c1=C/C)N1CCC[C@@H]1CO. The minimum absolute atomic E-state index is 0.0809. The fourth-order valence-corrected chi connectivity index (χ4v) is 5.93. The third kappa shape index (κ3) is 5.56. The van der Waals surface area contributed by atoms with Crippen LogP contribution < -0.4 is 20.7 Å². The molecule has 2 fully saturated rings. The molecule has 2 aliphatic rings. The van der Waals surface area contributed by atoms with Gasteiger partial charge in [-0.15, -0.1) is 10.2 Å². The minimum atomic E-state index is -0.0809. The maximum absolute atomic E-state index is 9.91. The molecule has 3 atom stereocenters. The van der Waals surface area contributed by atoms with E-state index in [4.69, 9.17) is 10.2 Å². The second kappa shape index (κ2) is 12.0. The van der Waals surface area contributed by atoms with Crippen molar-refractivity contribution >= 4 is 23.8 Å². The lowest BCUT2D eigenvalue weighted by atomic mass is 9.95. The van der Waals surface area contributed by atoms with Crippen molar-refractivity contribution in [2.45, 2.75) is 66.0 Å². The minimum Gasteiger partial charge on any atom is -0.394 e. The first-order valence-corrected chi connectivity index (χ1v) is 13.9. The number of aliphatic hydroxyl groups excluding tert-OH is 1. The molecule has 0 bridgehead atoms. The molecule has 7 nitrogen and oxygen atoms in total. The van der Waals surface area contributed by atoms with E-state index in [1.807, 2.05) is 19.1 Å². The van der Waals surface area contributed by atoms with Crippen molar-refractivity contribution in [3.05, 3.63) is 57.6 Å². The van der Waals surface area contributed by atoms with Gasteiger partial charge >= 0.3 is 0 Å². The number of aromatic nitrogens is 2. The number of anilines is 2. The number of benzene rings is 1. The van der Waals surface area contributed by atoms with Gasteiger partial charge in [0, 0.05) is 35.8 Å². The van der Waals surface area contributed by atoms with Crippen molar-refractivity contribution in [1.82, 2.24) is 15.1 Å². The smallest absolute Gasteiger partial charge is 0.159 e. The van der Waals surface area contributed by atoms with E-state index in [0.717, 1.165) is 72.0 Å². The van der Waals surface area contributed by atoms with E-state index in [9.17, 15) is 10.4 Å². The predicted molar refractivity (Wildman–Crippen MR) is 155 cm³/mol. The maximum atomic E-state index is 9.91. The summed E-state index contributed by atoms with van der Waals surface area (Å²) in [6.07, 6.45) is 7.40. The Morgan fingerprint density at radius 2 is 2.03 bits per heavy atom. The molecule has 3 heterocycles. The summed E-state index contributed by atoms with van der Waals surface area (Å²) < 4.78 is 0. The van der Waals surface area contributed by atoms with Gasteiger partial charge < -0.3 is 20.2 Å². The topological polar surface area (TPSA) is 88.3 Å². The van der Waals surface area contributed by atoms with E-state index in [0.29, 0.717) is 23.2 Å². The number of nitriles is 1. The number of hydrogen-bond donors (Lipinski definition) is 2.